The second-order valence-electron chi connectivity index (χ2n) is 6.54. The first kappa shape index (κ1) is 18.2. The van der Waals surface area contributed by atoms with Crippen LogP contribution in [-0.2, 0) is 16.2 Å². The van der Waals surface area contributed by atoms with Crippen LogP contribution in [-0.4, -0.2) is 41.1 Å². The van der Waals surface area contributed by atoms with E-state index in [0.717, 1.165) is 25.7 Å². The summed E-state index contributed by atoms with van der Waals surface area (Å²) >= 11 is 0. The van der Waals surface area contributed by atoms with Gasteiger partial charge in [0, 0.05) is 11.6 Å². The number of benzene rings is 1. The summed E-state index contributed by atoms with van der Waals surface area (Å²) in [5, 5.41) is 9.68. The summed E-state index contributed by atoms with van der Waals surface area (Å²) in [4.78, 5) is 34.4. The van der Waals surface area contributed by atoms with Crippen molar-refractivity contribution in [2.45, 2.75) is 45.3 Å². The van der Waals surface area contributed by atoms with E-state index in [1.807, 2.05) is 0 Å². The lowest BCUT2D eigenvalue weighted by atomic mass is 10.0. The maximum Gasteiger partial charge on any atom is 0.294 e. The third-order valence-electron chi connectivity index (χ3n) is 4.65. The predicted octanol–water partition coefficient (Wildman–Crippen LogP) is 2.80. The summed E-state index contributed by atoms with van der Waals surface area (Å²) in [7, 11) is 0. The maximum atomic E-state index is 13.4. The van der Waals surface area contributed by atoms with Gasteiger partial charge in [0.15, 0.2) is 0 Å². The SMILES string of the molecule is CCCC(C1CC1)N(C(=O)c1ccccc1CO[N+](=O)[O-])C1=NCCO1. The normalized spacial score (nSPS) is 17.2. The number of hydrogen-bond donors (Lipinski definition) is 0. The van der Waals surface area contributed by atoms with E-state index in [0.29, 0.717) is 36.2 Å². The number of carbonyl (C=O) groups is 1. The molecule has 0 aromatic heterocycles. The van der Waals surface area contributed by atoms with Crippen LogP contribution >= 0.6 is 0 Å². The van der Waals surface area contributed by atoms with Crippen molar-refractivity contribution in [2.75, 3.05) is 13.2 Å². The van der Waals surface area contributed by atoms with Gasteiger partial charge in [0.2, 0.25) is 0 Å². The van der Waals surface area contributed by atoms with E-state index in [9.17, 15) is 14.9 Å². The number of nitrogens with zero attached hydrogens (tertiary/aromatic N) is 3. The van der Waals surface area contributed by atoms with Gasteiger partial charge in [-0.25, -0.2) is 4.99 Å². The van der Waals surface area contributed by atoms with Gasteiger partial charge >= 0.3 is 0 Å². The second-order valence-corrected chi connectivity index (χ2v) is 6.54. The summed E-state index contributed by atoms with van der Waals surface area (Å²) in [6, 6.07) is 7.20. The highest BCUT2D eigenvalue weighted by atomic mass is 16.9. The lowest BCUT2D eigenvalue weighted by molar-refractivity contribution is -0.763. The lowest BCUT2D eigenvalue weighted by Gasteiger charge is -2.31. The van der Waals surface area contributed by atoms with E-state index in [1.165, 1.54) is 0 Å². The smallest absolute Gasteiger partial charge is 0.294 e. The van der Waals surface area contributed by atoms with E-state index in [4.69, 9.17) is 4.74 Å². The zero-order chi connectivity index (χ0) is 18.5. The van der Waals surface area contributed by atoms with Crippen molar-refractivity contribution in [3.05, 3.63) is 45.5 Å². The van der Waals surface area contributed by atoms with Gasteiger partial charge in [-0.1, -0.05) is 31.5 Å². The number of hydrogen-bond acceptors (Lipinski definition) is 6. The lowest BCUT2D eigenvalue weighted by Crippen LogP contribution is -2.46. The largest absolute Gasteiger partial charge is 0.463 e. The minimum absolute atomic E-state index is 0.0360. The number of ether oxygens (including phenoxy) is 1. The van der Waals surface area contributed by atoms with Gasteiger partial charge in [0.05, 0.1) is 6.54 Å². The average Bonchev–Trinajstić information content (AvgIpc) is 3.35. The molecule has 1 heterocycles. The third kappa shape index (κ3) is 4.12. The first-order valence-corrected chi connectivity index (χ1v) is 8.97. The molecule has 140 valence electrons. The van der Waals surface area contributed by atoms with Crippen LogP contribution in [0.2, 0.25) is 0 Å². The van der Waals surface area contributed by atoms with Crippen LogP contribution in [0.3, 0.4) is 0 Å². The van der Waals surface area contributed by atoms with Crippen LogP contribution in [0, 0.1) is 16.0 Å². The minimum atomic E-state index is -0.854. The summed E-state index contributed by atoms with van der Waals surface area (Å²) in [6.45, 7) is 2.83. The third-order valence-corrected chi connectivity index (χ3v) is 4.65. The Morgan fingerprint density at radius 1 is 1.46 bits per heavy atom. The van der Waals surface area contributed by atoms with Crippen molar-refractivity contribution in [3.63, 3.8) is 0 Å². The van der Waals surface area contributed by atoms with Crippen molar-refractivity contribution < 1.29 is 19.5 Å². The fourth-order valence-electron chi connectivity index (χ4n) is 3.31. The molecule has 0 spiro atoms. The van der Waals surface area contributed by atoms with E-state index in [2.05, 4.69) is 16.8 Å². The molecule has 2 aliphatic rings. The fraction of sp³-hybridized carbons (Fsp3) is 0.556. The van der Waals surface area contributed by atoms with E-state index >= 15 is 0 Å². The van der Waals surface area contributed by atoms with Gasteiger partial charge < -0.3 is 9.57 Å². The molecule has 1 fully saturated rings. The van der Waals surface area contributed by atoms with Crippen molar-refractivity contribution in [1.82, 2.24) is 4.90 Å². The van der Waals surface area contributed by atoms with Gasteiger partial charge in [-0.2, -0.15) is 0 Å². The minimum Gasteiger partial charge on any atom is -0.463 e. The Morgan fingerprint density at radius 3 is 2.85 bits per heavy atom. The molecular formula is C18H23N3O5. The molecule has 1 unspecified atom stereocenters. The summed E-state index contributed by atoms with van der Waals surface area (Å²) in [5.41, 5.74) is 0.859. The van der Waals surface area contributed by atoms with Gasteiger partial charge in [0.25, 0.3) is 17.0 Å². The topological polar surface area (TPSA) is 94.3 Å². The Morgan fingerprint density at radius 2 is 2.23 bits per heavy atom. The number of carbonyl (C=O) groups excluding carboxylic acids is 1. The summed E-state index contributed by atoms with van der Waals surface area (Å²) in [5.74, 6) is 0.214. The number of amidine groups is 1. The molecule has 26 heavy (non-hydrogen) atoms. The molecule has 1 saturated carbocycles. The van der Waals surface area contributed by atoms with E-state index in [1.54, 1.807) is 29.2 Å². The van der Waals surface area contributed by atoms with Crippen LogP contribution in [0.1, 0.15) is 48.5 Å². The number of aliphatic imine (C=N–C) groups is 1. The van der Waals surface area contributed by atoms with Crippen LogP contribution in [0.4, 0.5) is 0 Å². The Hall–Kier alpha value is -2.64. The number of rotatable bonds is 8. The zero-order valence-electron chi connectivity index (χ0n) is 14.8. The second kappa shape index (κ2) is 8.16. The van der Waals surface area contributed by atoms with Gasteiger partial charge in [0.1, 0.15) is 13.2 Å². The van der Waals surface area contributed by atoms with Crippen molar-refractivity contribution in [3.8, 4) is 0 Å². The van der Waals surface area contributed by atoms with Crippen LogP contribution in [0.25, 0.3) is 0 Å². The Balaban J connectivity index is 1.91. The van der Waals surface area contributed by atoms with Crippen LogP contribution < -0.4 is 0 Å². The highest BCUT2D eigenvalue weighted by Gasteiger charge is 2.41. The van der Waals surface area contributed by atoms with Gasteiger partial charge in [-0.05, 0) is 36.8 Å². The first-order chi connectivity index (χ1) is 12.6. The molecule has 1 aliphatic carbocycles. The molecule has 8 nitrogen and oxygen atoms in total. The molecule has 1 atom stereocenters. The highest BCUT2D eigenvalue weighted by molar-refractivity contribution is 6.05. The van der Waals surface area contributed by atoms with E-state index < -0.39 is 5.09 Å². The van der Waals surface area contributed by atoms with Crippen molar-refractivity contribution in [1.29, 1.82) is 0 Å². The molecule has 1 amide bonds. The van der Waals surface area contributed by atoms with E-state index in [-0.39, 0.29) is 18.6 Å². The van der Waals surface area contributed by atoms with Crippen LogP contribution in [0.5, 0.6) is 0 Å². The summed E-state index contributed by atoms with van der Waals surface area (Å²) < 4.78 is 5.62. The molecule has 0 radical (unpaired) electrons. The molecule has 0 N–H and O–H groups in total. The molecule has 0 saturated heterocycles. The number of amides is 1. The van der Waals surface area contributed by atoms with Gasteiger partial charge in [-0.3, -0.25) is 9.69 Å². The van der Waals surface area contributed by atoms with Crippen molar-refractivity contribution in [2.24, 2.45) is 10.9 Å². The quantitative estimate of drug-likeness (QED) is 0.524. The Labute approximate surface area is 151 Å². The highest BCUT2D eigenvalue weighted by Crippen LogP contribution is 2.38. The predicted molar refractivity (Wildman–Crippen MR) is 94.1 cm³/mol. The Kier molecular flexibility index (Phi) is 5.70. The fourth-order valence-corrected chi connectivity index (χ4v) is 3.31. The molecule has 0 bridgehead atoms. The monoisotopic (exact) mass is 361 g/mol. The van der Waals surface area contributed by atoms with Crippen molar-refractivity contribution >= 4 is 11.9 Å². The molecular weight excluding hydrogens is 338 g/mol. The molecule has 1 aliphatic heterocycles. The standard InChI is InChI=1S/C18H23N3O5/c1-2-5-16(13-8-9-13)20(18-19-10-11-25-18)17(22)15-7-4-3-6-14(15)12-26-21(23)24/h3-4,6-7,13,16H,2,5,8-12H2,1H3. The zero-order valence-corrected chi connectivity index (χ0v) is 14.8. The molecule has 1 aromatic rings. The molecule has 3 rings (SSSR count). The molecule has 8 heteroatoms. The van der Waals surface area contributed by atoms with Gasteiger partial charge in [-0.15, -0.1) is 10.1 Å². The van der Waals surface area contributed by atoms with Crippen LogP contribution in [0.15, 0.2) is 29.3 Å². The molecule has 1 aromatic carbocycles. The summed E-state index contributed by atoms with van der Waals surface area (Å²) in [6.07, 6.45) is 4.00. The Bertz CT molecular complexity index is 702. The average molecular weight is 361 g/mol. The first-order valence-electron chi connectivity index (χ1n) is 8.97. The maximum absolute atomic E-state index is 13.4.